The van der Waals surface area contributed by atoms with Crippen LogP contribution in [0.5, 0.6) is 0 Å². The van der Waals surface area contributed by atoms with Gasteiger partial charge in [0.1, 0.15) is 0 Å². The zero-order valence-corrected chi connectivity index (χ0v) is 17.9. The summed E-state index contributed by atoms with van der Waals surface area (Å²) in [7, 11) is 0. The molecule has 0 radical (unpaired) electrons. The first kappa shape index (κ1) is 20.6. The molecule has 1 N–H and O–H groups in total. The second-order valence-electron chi connectivity index (χ2n) is 7.88. The van der Waals surface area contributed by atoms with Crippen molar-refractivity contribution in [1.29, 1.82) is 0 Å². The molecule has 0 bridgehead atoms. The molecule has 1 aliphatic rings. The van der Waals surface area contributed by atoms with Gasteiger partial charge in [-0.25, -0.2) is 0 Å². The van der Waals surface area contributed by atoms with E-state index in [0.717, 1.165) is 30.6 Å². The summed E-state index contributed by atoms with van der Waals surface area (Å²) in [6.45, 7) is 6.22. The van der Waals surface area contributed by atoms with Gasteiger partial charge in [0.15, 0.2) is 0 Å². The third-order valence-electron chi connectivity index (χ3n) is 5.56. The molecule has 4 rings (SSSR count). The lowest BCUT2D eigenvalue weighted by Crippen LogP contribution is -2.40. The highest BCUT2D eigenvalue weighted by Crippen LogP contribution is 2.23. The van der Waals surface area contributed by atoms with Crippen LogP contribution in [0.2, 0.25) is 5.02 Å². The highest BCUT2D eigenvalue weighted by Gasteiger charge is 2.27. The summed E-state index contributed by atoms with van der Waals surface area (Å²) in [5.41, 5.74) is 4.06. The Morgan fingerprint density at radius 3 is 2.90 bits per heavy atom. The Kier molecular flexibility index (Phi) is 6.16. The highest BCUT2D eigenvalue weighted by molar-refractivity contribution is 6.30. The first-order chi connectivity index (χ1) is 14.5. The monoisotopic (exact) mass is 424 g/mol. The molecule has 1 aromatic heterocycles. The van der Waals surface area contributed by atoms with Crippen LogP contribution in [0.3, 0.4) is 0 Å². The lowest BCUT2D eigenvalue weighted by Gasteiger charge is -2.30. The summed E-state index contributed by atoms with van der Waals surface area (Å²) in [4.78, 5) is 19.5. The van der Waals surface area contributed by atoms with Gasteiger partial charge >= 0.3 is 0 Å². The van der Waals surface area contributed by atoms with Gasteiger partial charge in [0.2, 0.25) is 17.6 Å². The summed E-state index contributed by atoms with van der Waals surface area (Å²) < 4.78 is 5.43. The van der Waals surface area contributed by atoms with Crippen LogP contribution >= 0.6 is 11.6 Å². The van der Waals surface area contributed by atoms with Crippen LogP contribution in [0.15, 0.2) is 47.0 Å². The van der Waals surface area contributed by atoms with Crippen molar-refractivity contribution in [1.82, 2.24) is 15.0 Å². The molecule has 156 valence electrons. The number of hydrogen-bond acceptors (Lipinski definition) is 5. The fraction of sp³-hybridized carbons (Fsp3) is 0.348. The molecule has 1 atom stereocenters. The van der Waals surface area contributed by atoms with Gasteiger partial charge in [-0.2, -0.15) is 4.98 Å². The third-order valence-corrected chi connectivity index (χ3v) is 5.80. The van der Waals surface area contributed by atoms with Crippen molar-refractivity contribution >= 4 is 23.2 Å². The predicted molar refractivity (Wildman–Crippen MR) is 117 cm³/mol. The van der Waals surface area contributed by atoms with Crippen LogP contribution in [0.4, 0.5) is 5.69 Å². The van der Waals surface area contributed by atoms with E-state index in [1.54, 1.807) is 0 Å². The van der Waals surface area contributed by atoms with Gasteiger partial charge < -0.3 is 9.84 Å². The van der Waals surface area contributed by atoms with Crippen LogP contribution in [0, 0.1) is 19.8 Å². The summed E-state index contributed by atoms with van der Waals surface area (Å²) in [5.74, 6) is 1.07. The van der Waals surface area contributed by atoms with Crippen molar-refractivity contribution in [3.05, 3.63) is 64.5 Å². The van der Waals surface area contributed by atoms with E-state index in [1.165, 1.54) is 11.1 Å². The van der Waals surface area contributed by atoms with Crippen molar-refractivity contribution < 1.29 is 9.32 Å². The maximum Gasteiger partial charge on any atom is 0.241 e. The number of benzene rings is 2. The topological polar surface area (TPSA) is 71.3 Å². The second kappa shape index (κ2) is 8.98. The van der Waals surface area contributed by atoms with Crippen LogP contribution < -0.4 is 5.32 Å². The van der Waals surface area contributed by atoms with Gasteiger partial charge in [-0.1, -0.05) is 35.0 Å². The smallest absolute Gasteiger partial charge is 0.241 e. The zero-order chi connectivity index (χ0) is 21.1. The van der Waals surface area contributed by atoms with Gasteiger partial charge in [-0.3, -0.25) is 9.69 Å². The van der Waals surface area contributed by atoms with Crippen LogP contribution in [0.25, 0.3) is 11.4 Å². The first-order valence-electron chi connectivity index (χ1n) is 10.2. The molecule has 0 aliphatic carbocycles. The standard InChI is InChI=1S/C23H25ClN4O2/c1-15-8-9-20(11-16(15)2)25-23(29)18-6-4-10-28(13-18)14-21-26-22(27-30-21)17-5-3-7-19(24)12-17/h3,5,7-9,11-12,18H,4,6,10,13-14H2,1-2H3,(H,25,29). The van der Waals surface area contributed by atoms with E-state index >= 15 is 0 Å². The maximum absolute atomic E-state index is 12.8. The number of anilines is 1. The number of rotatable bonds is 5. The summed E-state index contributed by atoms with van der Waals surface area (Å²) >= 11 is 6.04. The van der Waals surface area contributed by atoms with Gasteiger partial charge in [0, 0.05) is 22.8 Å². The largest absolute Gasteiger partial charge is 0.338 e. The van der Waals surface area contributed by atoms with E-state index in [2.05, 4.69) is 34.2 Å². The predicted octanol–water partition coefficient (Wildman–Crippen LogP) is 4.86. The quantitative estimate of drug-likeness (QED) is 0.633. The SMILES string of the molecule is Cc1ccc(NC(=O)C2CCCN(Cc3nc(-c4cccc(Cl)c4)no3)C2)cc1C. The van der Waals surface area contributed by atoms with Crippen molar-refractivity contribution in [2.24, 2.45) is 5.92 Å². The fourth-order valence-corrected chi connectivity index (χ4v) is 3.92. The molecule has 0 saturated carbocycles. The van der Waals surface area contributed by atoms with E-state index in [0.29, 0.717) is 29.8 Å². The molecule has 6 nitrogen and oxygen atoms in total. The number of aryl methyl sites for hydroxylation is 2. The van der Waals surface area contributed by atoms with Crippen LogP contribution in [-0.4, -0.2) is 34.0 Å². The molecule has 30 heavy (non-hydrogen) atoms. The molecule has 1 amide bonds. The molecule has 2 heterocycles. The minimum absolute atomic E-state index is 0.0596. The number of carbonyl (C=O) groups excluding carboxylic acids is 1. The number of nitrogens with one attached hydrogen (secondary N) is 1. The average Bonchev–Trinajstić information content (AvgIpc) is 3.19. The zero-order valence-electron chi connectivity index (χ0n) is 17.2. The molecule has 1 fully saturated rings. The number of amides is 1. The third kappa shape index (κ3) is 4.89. The second-order valence-corrected chi connectivity index (χ2v) is 8.32. The van der Waals surface area contributed by atoms with Gasteiger partial charge in [-0.05, 0) is 68.6 Å². The van der Waals surface area contributed by atoms with E-state index in [9.17, 15) is 4.79 Å². The number of hydrogen-bond donors (Lipinski definition) is 1. The van der Waals surface area contributed by atoms with Crippen molar-refractivity contribution in [2.45, 2.75) is 33.2 Å². The van der Waals surface area contributed by atoms with Gasteiger partial charge in [-0.15, -0.1) is 0 Å². The minimum Gasteiger partial charge on any atom is -0.338 e. The molecule has 1 saturated heterocycles. The Labute approximate surface area is 181 Å². The first-order valence-corrected chi connectivity index (χ1v) is 10.5. The number of nitrogens with zero attached hydrogens (tertiary/aromatic N) is 3. The molecule has 1 aliphatic heterocycles. The Morgan fingerprint density at radius 1 is 1.23 bits per heavy atom. The molecule has 3 aromatic rings. The highest BCUT2D eigenvalue weighted by atomic mass is 35.5. The maximum atomic E-state index is 12.8. The average molecular weight is 425 g/mol. The summed E-state index contributed by atoms with van der Waals surface area (Å²) in [5, 5.41) is 7.77. The van der Waals surface area contributed by atoms with Crippen LogP contribution in [0.1, 0.15) is 29.9 Å². The lowest BCUT2D eigenvalue weighted by molar-refractivity contribution is -0.121. The minimum atomic E-state index is -0.0596. The Morgan fingerprint density at radius 2 is 2.10 bits per heavy atom. The van der Waals surface area contributed by atoms with Crippen molar-refractivity contribution in [3.63, 3.8) is 0 Å². The summed E-state index contributed by atoms with van der Waals surface area (Å²) in [6.07, 6.45) is 1.84. The number of likely N-dealkylation sites (tertiary alicyclic amines) is 1. The normalized spacial score (nSPS) is 17.1. The van der Waals surface area contributed by atoms with Gasteiger partial charge in [0.05, 0.1) is 12.5 Å². The van der Waals surface area contributed by atoms with E-state index in [4.69, 9.17) is 16.1 Å². The molecule has 7 heteroatoms. The number of piperidine rings is 1. The van der Waals surface area contributed by atoms with Crippen molar-refractivity contribution in [2.75, 3.05) is 18.4 Å². The Hall–Kier alpha value is -2.70. The fourth-order valence-electron chi connectivity index (χ4n) is 3.73. The number of carbonyl (C=O) groups is 1. The number of aromatic nitrogens is 2. The van der Waals surface area contributed by atoms with E-state index < -0.39 is 0 Å². The van der Waals surface area contributed by atoms with E-state index in [-0.39, 0.29) is 11.8 Å². The molecular weight excluding hydrogens is 400 g/mol. The van der Waals surface area contributed by atoms with Gasteiger partial charge in [0.25, 0.3) is 0 Å². The Bertz CT molecular complexity index is 1050. The molecule has 2 aromatic carbocycles. The van der Waals surface area contributed by atoms with Crippen molar-refractivity contribution in [3.8, 4) is 11.4 Å². The molecule has 0 spiro atoms. The lowest BCUT2D eigenvalue weighted by atomic mass is 9.97. The Balaban J connectivity index is 1.37. The van der Waals surface area contributed by atoms with Crippen LogP contribution in [-0.2, 0) is 11.3 Å². The van der Waals surface area contributed by atoms with E-state index in [1.807, 2.05) is 42.5 Å². The number of halogens is 1. The molecule has 1 unspecified atom stereocenters. The summed E-state index contributed by atoms with van der Waals surface area (Å²) in [6, 6.07) is 13.4. The molecular formula is C23H25ClN4O2.